The molecule has 0 saturated heterocycles. The Morgan fingerprint density at radius 2 is 1.55 bits per heavy atom. The van der Waals surface area contributed by atoms with Crippen LogP contribution in [0.5, 0.6) is 5.19 Å². The Bertz CT molecular complexity index is 774. The first-order valence-corrected chi connectivity index (χ1v) is 9.47. The maximum atomic E-state index is 5.75. The zero-order valence-electron chi connectivity index (χ0n) is 11.6. The second-order valence-corrected chi connectivity index (χ2v) is 7.96. The van der Waals surface area contributed by atoms with Crippen molar-refractivity contribution in [2.75, 3.05) is 12.4 Å². The van der Waals surface area contributed by atoms with Crippen molar-refractivity contribution in [3.05, 3.63) is 48.5 Å². The van der Waals surface area contributed by atoms with Crippen LogP contribution < -0.4 is 4.74 Å². The summed E-state index contributed by atoms with van der Waals surface area (Å²) < 4.78 is 9.24. The summed E-state index contributed by atoms with van der Waals surface area (Å²) in [6.07, 6.45) is 0. The van der Waals surface area contributed by atoms with E-state index >= 15 is 0 Å². The fourth-order valence-corrected chi connectivity index (χ4v) is 4.88. The zero-order chi connectivity index (χ0) is 14.8. The van der Waals surface area contributed by atoms with Crippen LogP contribution in [0.4, 0.5) is 0 Å². The molecule has 3 nitrogen and oxygen atoms in total. The summed E-state index contributed by atoms with van der Waals surface area (Å²) in [7, 11) is 0. The molecular weight excluding hydrogens is 332 g/mol. The zero-order valence-corrected chi connectivity index (χ0v) is 14.0. The first-order valence-electron chi connectivity index (χ1n) is 6.85. The van der Waals surface area contributed by atoms with Crippen molar-refractivity contribution in [3.8, 4) is 5.19 Å². The van der Waals surface area contributed by atoms with E-state index in [9.17, 15) is 0 Å². The second kappa shape index (κ2) is 6.24. The van der Waals surface area contributed by atoms with Crippen LogP contribution in [0, 0.1) is 0 Å². The fraction of sp³-hybridized carbons (Fsp3) is 0.125. The lowest BCUT2D eigenvalue weighted by Gasteiger charge is -1.99. The summed E-state index contributed by atoms with van der Waals surface area (Å²) in [5.41, 5.74) is 2.07. The van der Waals surface area contributed by atoms with Crippen LogP contribution in [0.2, 0.25) is 0 Å². The molecule has 0 unspecified atom stereocenters. The number of para-hydroxylation sites is 2. The molecule has 2 heterocycles. The van der Waals surface area contributed by atoms with Gasteiger partial charge in [-0.3, -0.25) is 0 Å². The van der Waals surface area contributed by atoms with Crippen molar-refractivity contribution in [2.45, 2.75) is 4.34 Å². The molecule has 4 rings (SSSR count). The third kappa shape index (κ3) is 2.95. The number of rotatable bonds is 5. The Morgan fingerprint density at radius 1 is 0.864 bits per heavy atom. The van der Waals surface area contributed by atoms with Gasteiger partial charge in [0.2, 0.25) is 0 Å². The molecule has 0 amide bonds. The lowest BCUT2D eigenvalue weighted by Crippen LogP contribution is -1.99. The molecular formula is C16H12N2OS3. The van der Waals surface area contributed by atoms with Gasteiger partial charge in [-0.05, 0) is 24.3 Å². The first-order chi connectivity index (χ1) is 10.9. The van der Waals surface area contributed by atoms with Crippen LogP contribution in [0.25, 0.3) is 20.4 Å². The van der Waals surface area contributed by atoms with E-state index in [1.165, 1.54) is 4.70 Å². The predicted octanol–water partition coefficient (Wildman–Crippen LogP) is 5.08. The number of benzene rings is 2. The fourth-order valence-electron chi connectivity index (χ4n) is 2.08. The summed E-state index contributed by atoms with van der Waals surface area (Å²) in [5, 5.41) is 0.742. The second-order valence-electron chi connectivity index (χ2n) is 4.59. The number of thiazole rings is 2. The lowest BCUT2D eigenvalue weighted by atomic mass is 10.3. The van der Waals surface area contributed by atoms with E-state index in [-0.39, 0.29) is 0 Å². The number of fused-ring (bicyclic) bond motifs is 2. The van der Waals surface area contributed by atoms with E-state index in [1.54, 1.807) is 34.4 Å². The molecule has 0 bridgehead atoms. The van der Waals surface area contributed by atoms with Gasteiger partial charge in [0.05, 0.1) is 20.4 Å². The smallest absolute Gasteiger partial charge is 0.274 e. The van der Waals surface area contributed by atoms with Gasteiger partial charge >= 0.3 is 0 Å². The summed E-state index contributed by atoms with van der Waals surface area (Å²) in [4.78, 5) is 9.07. The largest absolute Gasteiger partial charge is 0.469 e. The van der Waals surface area contributed by atoms with E-state index in [4.69, 9.17) is 4.74 Å². The quantitative estimate of drug-likeness (QED) is 0.374. The molecule has 2 aromatic heterocycles. The predicted molar refractivity (Wildman–Crippen MR) is 95.5 cm³/mol. The molecule has 22 heavy (non-hydrogen) atoms. The van der Waals surface area contributed by atoms with Gasteiger partial charge in [0.1, 0.15) is 6.61 Å². The molecule has 0 spiro atoms. The van der Waals surface area contributed by atoms with Crippen molar-refractivity contribution in [1.82, 2.24) is 9.97 Å². The van der Waals surface area contributed by atoms with Gasteiger partial charge in [-0.15, -0.1) is 11.3 Å². The molecule has 2 aromatic carbocycles. The highest BCUT2D eigenvalue weighted by atomic mass is 32.2. The molecule has 0 saturated carbocycles. The molecule has 0 N–H and O–H groups in total. The SMILES string of the molecule is c1ccc2sc(OCCSc3nc4ccccc4s3)nc2c1. The van der Waals surface area contributed by atoms with Gasteiger partial charge < -0.3 is 4.74 Å². The third-order valence-electron chi connectivity index (χ3n) is 3.08. The highest BCUT2D eigenvalue weighted by Crippen LogP contribution is 2.30. The number of hydrogen-bond donors (Lipinski definition) is 0. The van der Waals surface area contributed by atoms with E-state index in [0.717, 1.165) is 31.0 Å². The Labute approximate surface area is 140 Å². The summed E-state index contributed by atoms with van der Waals surface area (Å²) in [6, 6.07) is 16.3. The molecule has 0 radical (unpaired) electrons. The van der Waals surface area contributed by atoms with E-state index in [2.05, 4.69) is 22.1 Å². The number of aromatic nitrogens is 2. The van der Waals surface area contributed by atoms with Crippen molar-refractivity contribution >= 4 is 54.9 Å². The molecule has 6 heteroatoms. The minimum absolute atomic E-state index is 0.639. The average Bonchev–Trinajstić information content (AvgIpc) is 3.14. The van der Waals surface area contributed by atoms with Gasteiger partial charge in [-0.2, -0.15) is 0 Å². The summed E-state index contributed by atoms with van der Waals surface area (Å²) >= 11 is 5.05. The Kier molecular flexibility index (Phi) is 3.97. The minimum Gasteiger partial charge on any atom is -0.469 e. The van der Waals surface area contributed by atoms with Crippen molar-refractivity contribution in [2.24, 2.45) is 0 Å². The standard InChI is InChI=1S/C16H12N2OS3/c1-3-7-13-11(5-1)17-15(21-13)19-9-10-20-16-18-12-6-2-4-8-14(12)22-16/h1-8H,9-10H2. The van der Waals surface area contributed by atoms with Crippen molar-refractivity contribution in [3.63, 3.8) is 0 Å². The monoisotopic (exact) mass is 344 g/mol. The van der Waals surface area contributed by atoms with Crippen LogP contribution in [0.15, 0.2) is 52.9 Å². The van der Waals surface area contributed by atoms with Gasteiger partial charge in [-0.1, -0.05) is 47.4 Å². The number of nitrogens with zero attached hydrogens (tertiary/aromatic N) is 2. The maximum Gasteiger partial charge on any atom is 0.274 e. The van der Waals surface area contributed by atoms with Crippen LogP contribution in [0.3, 0.4) is 0 Å². The Hall–Kier alpha value is -1.63. The Balaban J connectivity index is 1.35. The van der Waals surface area contributed by atoms with Gasteiger partial charge in [0, 0.05) is 5.75 Å². The van der Waals surface area contributed by atoms with Gasteiger partial charge in [0.15, 0.2) is 4.34 Å². The van der Waals surface area contributed by atoms with E-state index in [1.807, 2.05) is 36.4 Å². The van der Waals surface area contributed by atoms with Crippen LogP contribution in [-0.2, 0) is 0 Å². The molecule has 0 aliphatic carbocycles. The normalized spacial score (nSPS) is 11.3. The minimum atomic E-state index is 0.639. The Morgan fingerprint density at radius 3 is 2.27 bits per heavy atom. The summed E-state index contributed by atoms with van der Waals surface area (Å²) in [6.45, 7) is 0.639. The molecule has 0 atom stereocenters. The number of thioether (sulfide) groups is 1. The number of hydrogen-bond acceptors (Lipinski definition) is 6. The average molecular weight is 344 g/mol. The molecule has 0 aliphatic heterocycles. The molecule has 4 aromatic rings. The van der Waals surface area contributed by atoms with Crippen LogP contribution >= 0.6 is 34.4 Å². The third-order valence-corrected chi connectivity index (χ3v) is 6.18. The highest BCUT2D eigenvalue weighted by Gasteiger charge is 2.06. The molecule has 0 fully saturated rings. The van der Waals surface area contributed by atoms with Gasteiger partial charge in [0.25, 0.3) is 5.19 Å². The van der Waals surface area contributed by atoms with Crippen LogP contribution in [0.1, 0.15) is 0 Å². The van der Waals surface area contributed by atoms with Crippen LogP contribution in [-0.4, -0.2) is 22.3 Å². The number of ether oxygens (including phenoxy) is 1. The van der Waals surface area contributed by atoms with Gasteiger partial charge in [-0.25, -0.2) is 9.97 Å². The topological polar surface area (TPSA) is 35.0 Å². The summed E-state index contributed by atoms with van der Waals surface area (Å²) in [5.74, 6) is 0.871. The van der Waals surface area contributed by atoms with Crippen molar-refractivity contribution < 1.29 is 4.74 Å². The van der Waals surface area contributed by atoms with Crippen molar-refractivity contribution in [1.29, 1.82) is 0 Å². The molecule has 110 valence electrons. The van der Waals surface area contributed by atoms with E-state index < -0.39 is 0 Å². The van der Waals surface area contributed by atoms with E-state index in [0.29, 0.717) is 6.61 Å². The lowest BCUT2D eigenvalue weighted by molar-refractivity contribution is 0.343. The molecule has 0 aliphatic rings. The maximum absolute atomic E-state index is 5.75. The first kappa shape index (κ1) is 14.0. The highest BCUT2D eigenvalue weighted by molar-refractivity contribution is 8.01.